The van der Waals surface area contributed by atoms with Crippen molar-refractivity contribution in [3.8, 4) is 5.88 Å². The smallest absolute Gasteiger partial charge is 0.218 e. The van der Waals surface area contributed by atoms with Crippen LogP contribution in [0.1, 0.15) is 24.7 Å². The second-order valence-corrected chi connectivity index (χ2v) is 4.61. The molecule has 0 bridgehead atoms. The second kappa shape index (κ2) is 7.48. The minimum atomic E-state index is 0.640. The maximum Gasteiger partial charge on any atom is 0.218 e. The fourth-order valence-corrected chi connectivity index (χ4v) is 1.98. The zero-order valence-electron chi connectivity index (χ0n) is 12.1. The summed E-state index contributed by atoms with van der Waals surface area (Å²) in [7, 11) is 0. The monoisotopic (exact) mass is 271 g/mol. The molecule has 0 aliphatic rings. The molecule has 4 heteroatoms. The number of rotatable bonds is 7. The largest absolute Gasteiger partial charge is 0.478 e. The number of benzene rings is 1. The number of nitrogens with one attached hydrogen (secondary N) is 1. The van der Waals surface area contributed by atoms with Crippen LogP contribution in [0.5, 0.6) is 5.88 Å². The van der Waals surface area contributed by atoms with Gasteiger partial charge in [0.05, 0.1) is 6.61 Å². The van der Waals surface area contributed by atoms with Crippen LogP contribution in [0.3, 0.4) is 0 Å². The van der Waals surface area contributed by atoms with Crippen LogP contribution in [0.4, 0.5) is 5.82 Å². The molecule has 1 heterocycles. The summed E-state index contributed by atoms with van der Waals surface area (Å²) in [6.07, 6.45) is 1.99. The maximum atomic E-state index is 5.70. The molecule has 106 valence electrons. The first kappa shape index (κ1) is 14.3. The highest BCUT2D eigenvalue weighted by Gasteiger charge is 2.02. The Morgan fingerprint density at radius 2 is 1.95 bits per heavy atom. The molecule has 1 aromatic carbocycles. The first-order valence-electron chi connectivity index (χ1n) is 7.04. The number of hydrogen-bond acceptors (Lipinski definition) is 4. The van der Waals surface area contributed by atoms with Crippen molar-refractivity contribution >= 4 is 5.82 Å². The van der Waals surface area contributed by atoms with Gasteiger partial charge in [-0.05, 0) is 32.3 Å². The quantitative estimate of drug-likeness (QED) is 0.785. The zero-order valence-corrected chi connectivity index (χ0v) is 12.1. The molecule has 0 radical (unpaired) electrons. The van der Waals surface area contributed by atoms with Crippen molar-refractivity contribution < 1.29 is 4.74 Å². The van der Waals surface area contributed by atoms with Crippen molar-refractivity contribution in [1.82, 2.24) is 9.97 Å². The summed E-state index contributed by atoms with van der Waals surface area (Å²) in [4.78, 5) is 8.58. The molecule has 0 amide bonds. The van der Waals surface area contributed by atoms with E-state index < -0.39 is 0 Å². The Labute approximate surface area is 120 Å². The molecule has 0 unspecified atom stereocenters. The van der Waals surface area contributed by atoms with Crippen molar-refractivity contribution in [2.45, 2.75) is 26.7 Å². The van der Waals surface area contributed by atoms with Gasteiger partial charge in [-0.25, -0.2) is 4.98 Å². The van der Waals surface area contributed by atoms with Crippen molar-refractivity contribution in [3.63, 3.8) is 0 Å². The summed E-state index contributed by atoms with van der Waals surface area (Å²) in [5.41, 5.74) is 1.34. The van der Waals surface area contributed by atoms with E-state index in [1.807, 2.05) is 26.0 Å². The molecule has 0 aliphatic heterocycles. The van der Waals surface area contributed by atoms with Gasteiger partial charge in [-0.15, -0.1) is 0 Å². The Morgan fingerprint density at radius 1 is 1.15 bits per heavy atom. The molecule has 0 atom stereocenters. The van der Waals surface area contributed by atoms with Crippen LogP contribution in [-0.4, -0.2) is 23.1 Å². The summed E-state index contributed by atoms with van der Waals surface area (Å²) in [6, 6.07) is 12.3. The normalized spacial score (nSPS) is 10.3. The lowest BCUT2D eigenvalue weighted by molar-refractivity contribution is 0.298. The average Bonchev–Trinajstić information content (AvgIpc) is 2.45. The van der Waals surface area contributed by atoms with Crippen molar-refractivity contribution in [2.24, 2.45) is 0 Å². The van der Waals surface area contributed by atoms with Gasteiger partial charge in [-0.2, -0.15) is 4.98 Å². The van der Waals surface area contributed by atoms with Gasteiger partial charge < -0.3 is 10.1 Å². The minimum Gasteiger partial charge on any atom is -0.478 e. The van der Waals surface area contributed by atoms with Gasteiger partial charge >= 0.3 is 0 Å². The molecular weight excluding hydrogens is 250 g/mol. The van der Waals surface area contributed by atoms with Crippen LogP contribution in [0.2, 0.25) is 0 Å². The number of hydrogen-bond donors (Lipinski definition) is 1. The van der Waals surface area contributed by atoms with Gasteiger partial charge in [0.15, 0.2) is 0 Å². The molecule has 2 rings (SSSR count). The predicted octanol–water partition coefficient (Wildman–Crippen LogP) is 3.23. The molecule has 2 aromatic rings. The van der Waals surface area contributed by atoms with E-state index in [2.05, 4.69) is 39.6 Å². The van der Waals surface area contributed by atoms with Crippen LogP contribution in [0, 0.1) is 6.92 Å². The molecule has 0 spiro atoms. The van der Waals surface area contributed by atoms with Gasteiger partial charge in [0.25, 0.3) is 0 Å². The molecule has 0 saturated heterocycles. The Morgan fingerprint density at radius 3 is 2.70 bits per heavy atom. The number of aromatic nitrogens is 2. The standard InChI is InChI=1S/C16H21N3O/c1-3-17-15-12-16(19-13(2)18-15)20-11-7-10-14-8-5-4-6-9-14/h4-6,8-9,12H,3,7,10-11H2,1-2H3,(H,17,18,19). The van der Waals surface area contributed by atoms with Gasteiger partial charge in [0, 0.05) is 12.6 Å². The van der Waals surface area contributed by atoms with Gasteiger partial charge in [0.2, 0.25) is 5.88 Å². The highest BCUT2D eigenvalue weighted by atomic mass is 16.5. The number of ether oxygens (including phenoxy) is 1. The van der Waals surface area contributed by atoms with E-state index in [9.17, 15) is 0 Å². The Balaban J connectivity index is 1.81. The van der Waals surface area contributed by atoms with E-state index in [0.717, 1.165) is 31.0 Å². The number of anilines is 1. The molecule has 4 nitrogen and oxygen atoms in total. The van der Waals surface area contributed by atoms with Crippen LogP contribution in [0.15, 0.2) is 36.4 Å². The van der Waals surface area contributed by atoms with Crippen LogP contribution >= 0.6 is 0 Å². The lowest BCUT2D eigenvalue weighted by Gasteiger charge is -2.08. The summed E-state index contributed by atoms with van der Waals surface area (Å²) >= 11 is 0. The van der Waals surface area contributed by atoms with Gasteiger partial charge in [-0.3, -0.25) is 0 Å². The SMILES string of the molecule is CCNc1cc(OCCCc2ccccc2)nc(C)n1. The summed E-state index contributed by atoms with van der Waals surface area (Å²) in [5, 5.41) is 3.17. The van der Waals surface area contributed by atoms with Crippen molar-refractivity contribution in [2.75, 3.05) is 18.5 Å². The molecule has 1 aromatic heterocycles. The first-order chi connectivity index (χ1) is 9.78. The van der Waals surface area contributed by atoms with Crippen LogP contribution < -0.4 is 10.1 Å². The average molecular weight is 271 g/mol. The zero-order chi connectivity index (χ0) is 14.2. The topological polar surface area (TPSA) is 47.0 Å². The molecular formula is C16H21N3O. The third-order valence-electron chi connectivity index (χ3n) is 2.87. The predicted molar refractivity (Wildman–Crippen MR) is 81.2 cm³/mol. The van der Waals surface area contributed by atoms with E-state index in [1.165, 1.54) is 5.56 Å². The molecule has 0 fully saturated rings. The summed E-state index contributed by atoms with van der Waals surface area (Å²) in [6.45, 7) is 5.41. The van der Waals surface area contributed by atoms with E-state index in [1.54, 1.807) is 0 Å². The second-order valence-electron chi connectivity index (χ2n) is 4.61. The molecule has 0 saturated carbocycles. The van der Waals surface area contributed by atoms with E-state index in [0.29, 0.717) is 12.5 Å². The van der Waals surface area contributed by atoms with Crippen LogP contribution in [0.25, 0.3) is 0 Å². The van der Waals surface area contributed by atoms with Crippen molar-refractivity contribution in [1.29, 1.82) is 0 Å². The highest BCUT2D eigenvalue weighted by Crippen LogP contribution is 2.13. The van der Waals surface area contributed by atoms with E-state index >= 15 is 0 Å². The summed E-state index contributed by atoms with van der Waals surface area (Å²) < 4.78 is 5.70. The fourth-order valence-electron chi connectivity index (χ4n) is 1.98. The maximum absolute atomic E-state index is 5.70. The lowest BCUT2D eigenvalue weighted by Crippen LogP contribution is -2.05. The Bertz CT molecular complexity index is 529. The van der Waals surface area contributed by atoms with E-state index in [4.69, 9.17) is 4.74 Å². The molecule has 1 N–H and O–H groups in total. The van der Waals surface area contributed by atoms with E-state index in [-0.39, 0.29) is 0 Å². The third-order valence-corrected chi connectivity index (χ3v) is 2.87. The highest BCUT2D eigenvalue weighted by molar-refractivity contribution is 5.38. The Hall–Kier alpha value is -2.10. The number of nitrogens with zero attached hydrogens (tertiary/aromatic N) is 2. The number of aryl methyl sites for hydroxylation is 2. The minimum absolute atomic E-state index is 0.640. The Kier molecular flexibility index (Phi) is 5.35. The lowest BCUT2D eigenvalue weighted by atomic mass is 10.1. The summed E-state index contributed by atoms with van der Waals surface area (Å²) in [5.74, 6) is 2.18. The van der Waals surface area contributed by atoms with Gasteiger partial charge in [-0.1, -0.05) is 30.3 Å². The third kappa shape index (κ3) is 4.53. The first-order valence-corrected chi connectivity index (χ1v) is 7.04. The molecule has 0 aliphatic carbocycles. The molecule has 20 heavy (non-hydrogen) atoms. The fraction of sp³-hybridized carbons (Fsp3) is 0.375. The van der Waals surface area contributed by atoms with Crippen LogP contribution in [-0.2, 0) is 6.42 Å². The van der Waals surface area contributed by atoms with Gasteiger partial charge in [0.1, 0.15) is 11.6 Å². The van der Waals surface area contributed by atoms with Crippen molar-refractivity contribution in [3.05, 3.63) is 47.8 Å².